The molecule has 0 radical (unpaired) electrons. The SMILES string of the molecule is c1ccc(-c2ccc(-c3ccccc3)n2-c2ccc3c(-n4c5ccccc5c5ccccc54)c4cc(-n5c(-c6ccccc6)ccc5-c5ccccc5)ccc4c(-c4ccc5ccccc5c4)c3c2)cc1. The molecular formula is C68H45N3. The van der Waals surface area contributed by atoms with Gasteiger partial charge in [0.15, 0.2) is 0 Å². The Morgan fingerprint density at radius 3 is 1.11 bits per heavy atom. The zero-order valence-electron chi connectivity index (χ0n) is 38.8. The fraction of sp³-hybridized carbons (Fsp3) is 0. The highest BCUT2D eigenvalue weighted by Gasteiger charge is 2.24. The van der Waals surface area contributed by atoms with Gasteiger partial charge in [-0.3, -0.25) is 0 Å². The minimum atomic E-state index is 1.09. The van der Waals surface area contributed by atoms with Crippen LogP contribution in [-0.4, -0.2) is 13.7 Å². The van der Waals surface area contributed by atoms with Gasteiger partial charge in [0.05, 0.1) is 39.5 Å². The van der Waals surface area contributed by atoms with Crippen LogP contribution in [0, 0.1) is 0 Å². The standard InChI is InChI=1S/C68H45N3/c1-5-20-47(21-6-1)61-39-40-62(48-22-7-2-8-23-48)69(61)53-36-38-58-59(44-53)67(52-34-33-46-19-13-14-28-51(46)43-52)57-37-35-54(70-63(49-24-9-3-10-25-49)41-42-64(70)50-26-11-4-12-27-50)45-60(57)68(58)71-65-31-17-15-29-55(65)56-30-16-18-32-66(56)71/h1-45H. The first kappa shape index (κ1) is 40.6. The van der Waals surface area contributed by atoms with E-state index in [1.165, 1.54) is 65.3 Å². The highest BCUT2D eigenvalue weighted by Crippen LogP contribution is 2.47. The molecule has 0 aliphatic rings. The fourth-order valence-electron chi connectivity index (χ4n) is 11.3. The highest BCUT2D eigenvalue weighted by atomic mass is 15.0. The second-order valence-electron chi connectivity index (χ2n) is 18.5. The summed E-state index contributed by atoms with van der Waals surface area (Å²) in [5, 5.41) is 9.58. The minimum absolute atomic E-state index is 1.09. The number of hydrogen-bond acceptors (Lipinski definition) is 0. The van der Waals surface area contributed by atoms with Crippen LogP contribution in [0.25, 0.3) is 127 Å². The van der Waals surface area contributed by atoms with Gasteiger partial charge in [0.25, 0.3) is 0 Å². The van der Waals surface area contributed by atoms with Gasteiger partial charge in [-0.15, -0.1) is 0 Å². The van der Waals surface area contributed by atoms with Gasteiger partial charge < -0.3 is 13.7 Å². The molecule has 0 fully saturated rings. The Labute approximate surface area is 412 Å². The first-order chi connectivity index (χ1) is 35.2. The summed E-state index contributed by atoms with van der Waals surface area (Å²) in [6, 6.07) is 100. The van der Waals surface area contributed by atoms with Crippen molar-refractivity contribution in [3.8, 4) is 73.2 Å². The monoisotopic (exact) mass is 903 g/mol. The Bertz CT molecular complexity index is 4140. The topological polar surface area (TPSA) is 14.8 Å². The average Bonchev–Trinajstić information content (AvgIpc) is 4.18. The zero-order valence-corrected chi connectivity index (χ0v) is 38.8. The summed E-state index contributed by atoms with van der Waals surface area (Å²) >= 11 is 0. The number of para-hydroxylation sites is 2. The molecule has 11 aromatic carbocycles. The maximum atomic E-state index is 2.54. The van der Waals surface area contributed by atoms with E-state index in [0.29, 0.717) is 0 Å². The van der Waals surface area contributed by atoms with E-state index in [-0.39, 0.29) is 0 Å². The van der Waals surface area contributed by atoms with Crippen molar-refractivity contribution in [2.45, 2.75) is 0 Å². The van der Waals surface area contributed by atoms with E-state index in [1.54, 1.807) is 0 Å². The van der Waals surface area contributed by atoms with Crippen LogP contribution < -0.4 is 0 Å². The molecule has 0 atom stereocenters. The third kappa shape index (κ3) is 6.66. The molecule has 3 heteroatoms. The molecule has 0 saturated carbocycles. The van der Waals surface area contributed by atoms with E-state index < -0.39 is 0 Å². The number of fused-ring (bicyclic) bond motifs is 6. The Morgan fingerprint density at radius 2 is 0.620 bits per heavy atom. The summed E-state index contributed by atoms with van der Waals surface area (Å²) in [6.45, 7) is 0. The summed E-state index contributed by atoms with van der Waals surface area (Å²) in [5.41, 5.74) is 17.3. The molecule has 0 amide bonds. The van der Waals surface area contributed by atoms with E-state index in [2.05, 4.69) is 287 Å². The predicted octanol–water partition coefficient (Wildman–Crippen LogP) is 18.2. The van der Waals surface area contributed by atoms with Crippen molar-refractivity contribution in [3.05, 3.63) is 273 Å². The van der Waals surface area contributed by atoms with Crippen molar-refractivity contribution in [1.29, 1.82) is 0 Å². The van der Waals surface area contributed by atoms with Gasteiger partial charge in [0, 0.05) is 32.9 Å². The highest BCUT2D eigenvalue weighted by molar-refractivity contribution is 6.22. The normalized spacial score (nSPS) is 11.7. The van der Waals surface area contributed by atoms with Crippen molar-refractivity contribution in [2.75, 3.05) is 0 Å². The molecular weight excluding hydrogens is 859 g/mol. The number of hydrogen-bond donors (Lipinski definition) is 0. The molecule has 14 rings (SSSR count). The molecule has 3 nitrogen and oxygen atoms in total. The molecule has 0 N–H and O–H groups in total. The fourth-order valence-corrected chi connectivity index (χ4v) is 11.3. The molecule has 0 bridgehead atoms. The van der Waals surface area contributed by atoms with Gasteiger partial charge in [-0.05, 0) is 122 Å². The first-order valence-electron chi connectivity index (χ1n) is 24.4. The second kappa shape index (κ2) is 16.7. The van der Waals surface area contributed by atoms with Crippen LogP contribution in [0.2, 0.25) is 0 Å². The molecule has 0 unspecified atom stereocenters. The van der Waals surface area contributed by atoms with Crippen LogP contribution in [0.4, 0.5) is 0 Å². The van der Waals surface area contributed by atoms with Crippen LogP contribution in [0.15, 0.2) is 273 Å². The van der Waals surface area contributed by atoms with Gasteiger partial charge in [-0.25, -0.2) is 0 Å². The zero-order chi connectivity index (χ0) is 46.8. The number of aromatic nitrogens is 3. The smallest absolute Gasteiger partial charge is 0.0620 e. The largest absolute Gasteiger partial charge is 0.309 e. The van der Waals surface area contributed by atoms with Crippen molar-refractivity contribution < 1.29 is 0 Å². The molecule has 71 heavy (non-hydrogen) atoms. The minimum Gasteiger partial charge on any atom is -0.309 e. The molecule has 3 aromatic heterocycles. The van der Waals surface area contributed by atoms with Crippen LogP contribution in [0.5, 0.6) is 0 Å². The molecule has 0 spiro atoms. The second-order valence-corrected chi connectivity index (χ2v) is 18.5. The lowest BCUT2D eigenvalue weighted by Gasteiger charge is -2.23. The molecule has 0 aliphatic heterocycles. The van der Waals surface area contributed by atoms with Crippen LogP contribution in [-0.2, 0) is 0 Å². The molecule has 3 heterocycles. The Kier molecular flexibility index (Phi) is 9.53. The maximum absolute atomic E-state index is 2.54. The summed E-state index contributed by atoms with van der Waals surface area (Å²) in [4.78, 5) is 0. The Morgan fingerprint density at radius 1 is 0.211 bits per heavy atom. The van der Waals surface area contributed by atoms with Gasteiger partial charge in [0.1, 0.15) is 0 Å². The summed E-state index contributed by atoms with van der Waals surface area (Å²) in [7, 11) is 0. The molecule has 332 valence electrons. The third-order valence-electron chi connectivity index (χ3n) is 14.5. The maximum Gasteiger partial charge on any atom is 0.0620 e. The van der Waals surface area contributed by atoms with Crippen molar-refractivity contribution in [1.82, 2.24) is 13.7 Å². The molecule has 0 saturated heterocycles. The van der Waals surface area contributed by atoms with Gasteiger partial charge in [-0.2, -0.15) is 0 Å². The summed E-state index contributed by atoms with van der Waals surface area (Å²) in [5.74, 6) is 0. The number of rotatable bonds is 8. The van der Waals surface area contributed by atoms with Crippen molar-refractivity contribution in [3.63, 3.8) is 0 Å². The lowest BCUT2D eigenvalue weighted by Crippen LogP contribution is -2.04. The number of benzene rings is 11. The lowest BCUT2D eigenvalue weighted by atomic mass is 9.88. The summed E-state index contributed by atoms with van der Waals surface area (Å²) in [6.07, 6.45) is 0. The van der Waals surface area contributed by atoms with Gasteiger partial charge in [-0.1, -0.05) is 206 Å². The van der Waals surface area contributed by atoms with E-state index in [9.17, 15) is 0 Å². The third-order valence-corrected chi connectivity index (χ3v) is 14.5. The van der Waals surface area contributed by atoms with Crippen molar-refractivity contribution >= 4 is 54.1 Å². The van der Waals surface area contributed by atoms with Crippen LogP contribution in [0.3, 0.4) is 0 Å². The first-order valence-corrected chi connectivity index (χ1v) is 24.4. The van der Waals surface area contributed by atoms with E-state index in [1.807, 2.05) is 0 Å². The molecule has 0 aliphatic carbocycles. The average molecular weight is 904 g/mol. The van der Waals surface area contributed by atoms with Gasteiger partial charge in [0.2, 0.25) is 0 Å². The number of nitrogens with zero attached hydrogens (tertiary/aromatic N) is 3. The quantitative estimate of drug-likeness (QED) is 0.135. The van der Waals surface area contributed by atoms with Crippen molar-refractivity contribution in [2.24, 2.45) is 0 Å². The van der Waals surface area contributed by atoms with Gasteiger partial charge >= 0.3 is 0 Å². The molecule has 14 aromatic rings. The predicted molar refractivity (Wildman–Crippen MR) is 299 cm³/mol. The Balaban J connectivity index is 1.15. The van der Waals surface area contributed by atoms with E-state index in [0.717, 1.165) is 62.1 Å². The summed E-state index contributed by atoms with van der Waals surface area (Å²) < 4.78 is 7.43. The van der Waals surface area contributed by atoms with E-state index in [4.69, 9.17) is 0 Å². The van der Waals surface area contributed by atoms with E-state index >= 15 is 0 Å². The van der Waals surface area contributed by atoms with Crippen LogP contribution >= 0.6 is 0 Å². The van der Waals surface area contributed by atoms with Crippen LogP contribution in [0.1, 0.15) is 0 Å². The lowest BCUT2D eigenvalue weighted by molar-refractivity contribution is 1.10. The Hall–Kier alpha value is -9.44.